The molecule has 7 nitrogen and oxygen atoms in total. The summed E-state index contributed by atoms with van der Waals surface area (Å²) >= 11 is 2.07. The lowest BCUT2D eigenvalue weighted by atomic mass is 10.2. The second kappa shape index (κ2) is 9.81. The number of nitrogens with one attached hydrogen (secondary N) is 2. The molecule has 0 aliphatic heterocycles. The second-order valence-electron chi connectivity index (χ2n) is 5.24. The quantitative estimate of drug-likeness (QED) is 0.376. The van der Waals surface area contributed by atoms with E-state index in [0.29, 0.717) is 22.8 Å². The van der Waals surface area contributed by atoms with Crippen molar-refractivity contribution in [2.45, 2.75) is 0 Å². The molecular formula is C19H19IN2O5. The molecule has 2 amide bonds. The molecule has 0 atom stereocenters. The maximum Gasteiger partial charge on any atom is 0.269 e. The van der Waals surface area contributed by atoms with E-state index in [0.717, 1.165) is 9.13 Å². The predicted molar refractivity (Wildman–Crippen MR) is 110 cm³/mol. The summed E-state index contributed by atoms with van der Waals surface area (Å²) in [6, 6.07) is 10.2. The number of benzene rings is 2. The third-order valence-electron chi connectivity index (χ3n) is 3.55. The van der Waals surface area contributed by atoms with Gasteiger partial charge in [-0.15, -0.1) is 0 Å². The Bertz CT molecular complexity index is 867. The largest absolute Gasteiger partial charge is 0.496 e. The van der Waals surface area contributed by atoms with Gasteiger partial charge in [-0.1, -0.05) is 6.07 Å². The molecule has 0 saturated heterocycles. The molecule has 0 aliphatic carbocycles. The first-order chi connectivity index (χ1) is 13.0. The summed E-state index contributed by atoms with van der Waals surface area (Å²) in [6.45, 7) is 0. The molecule has 0 fully saturated rings. The summed E-state index contributed by atoms with van der Waals surface area (Å²) in [5.41, 5.74) is 5.85. The lowest BCUT2D eigenvalue weighted by molar-refractivity contribution is -0.117. The van der Waals surface area contributed by atoms with Crippen molar-refractivity contribution in [3.05, 3.63) is 57.2 Å². The van der Waals surface area contributed by atoms with Crippen LogP contribution in [-0.2, 0) is 4.79 Å². The van der Waals surface area contributed by atoms with Gasteiger partial charge in [-0.3, -0.25) is 20.4 Å². The number of carbonyl (C=O) groups is 2. The highest BCUT2D eigenvalue weighted by Gasteiger charge is 2.09. The fourth-order valence-corrected chi connectivity index (χ4v) is 2.90. The van der Waals surface area contributed by atoms with Crippen molar-refractivity contribution in [3.63, 3.8) is 0 Å². The number of carbonyl (C=O) groups excluding carboxylic acids is 2. The lowest BCUT2D eigenvalue weighted by Gasteiger charge is -2.08. The van der Waals surface area contributed by atoms with Gasteiger partial charge in [0.05, 0.1) is 24.9 Å². The molecule has 0 heterocycles. The van der Waals surface area contributed by atoms with Gasteiger partial charge in [-0.25, -0.2) is 0 Å². The number of hydrazine groups is 1. The average Bonchev–Trinajstić information content (AvgIpc) is 2.69. The summed E-state index contributed by atoms with van der Waals surface area (Å²) in [7, 11) is 4.64. The van der Waals surface area contributed by atoms with E-state index in [1.807, 2.05) is 0 Å². The van der Waals surface area contributed by atoms with Crippen molar-refractivity contribution in [3.8, 4) is 17.2 Å². The molecule has 2 rings (SSSR count). The molecule has 27 heavy (non-hydrogen) atoms. The molecular weight excluding hydrogens is 463 g/mol. The smallest absolute Gasteiger partial charge is 0.269 e. The first-order valence-corrected chi connectivity index (χ1v) is 8.90. The summed E-state index contributed by atoms with van der Waals surface area (Å²) < 4.78 is 16.3. The van der Waals surface area contributed by atoms with Crippen molar-refractivity contribution < 1.29 is 23.8 Å². The van der Waals surface area contributed by atoms with Crippen LogP contribution in [0.5, 0.6) is 17.2 Å². The number of hydrogen-bond acceptors (Lipinski definition) is 5. The number of ether oxygens (including phenoxy) is 3. The van der Waals surface area contributed by atoms with E-state index in [2.05, 4.69) is 33.4 Å². The Morgan fingerprint density at radius 2 is 1.56 bits per heavy atom. The molecule has 0 spiro atoms. The van der Waals surface area contributed by atoms with Crippen LogP contribution in [0.3, 0.4) is 0 Å². The summed E-state index contributed by atoms with van der Waals surface area (Å²) in [5, 5.41) is 0. The van der Waals surface area contributed by atoms with Crippen LogP contribution in [0, 0.1) is 3.57 Å². The normalized spacial score (nSPS) is 10.4. The molecule has 142 valence electrons. The summed E-state index contributed by atoms with van der Waals surface area (Å²) in [4.78, 5) is 24.0. The lowest BCUT2D eigenvalue weighted by Crippen LogP contribution is -2.40. The zero-order valence-electron chi connectivity index (χ0n) is 15.0. The topological polar surface area (TPSA) is 85.9 Å². The highest BCUT2D eigenvalue weighted by molar-refractivity contribution is 14.1. The fraction of sp³-hybridized carbons (Fsp3) is 0.158. The van der Waals surface area contributed by atoms with E-state index in [1.54, 1.807) is 56.7 Å². The Morgan fingerprint density at radius 3 is 2.19 bits per heavy atom. The van der Waals surface area contributed by atoms with Crippen molar-refractivity contribution in [2.24, 2.45) is 0 Å². The van der Waals surface area contributed by atoms with Crippen molar-refractivity contribution in [1.29, 1.82) is 0 Å². The van der Waals surface area contributed by atoms with E-state index in [4.69, 9.17) is 14.2 Å². The van der Waals surface area contributed by atoms with Crippen LogP contribution < -0.4 is 25.1 Å². The number of rotatable bonds is 6. The Labute approximate surface area is 170 Å². The third-order valence-corrected chi connectivity index (χ3v) is 4.39. The van der Waals surface area contributed by atoms with Gasteiger partial charge in [0.2, 0.25) is 0 Å². The van der Waals surface area contributed by atoms with E-state index in [9.17, 15) is 9.59 Å². The molecule has 2 aromatic carbocycles. The fourth-order valence-electron chi connectivity index (χ4n) is 2.17. The predicted octanol–water partition coefficient (Wildman–Crippen LogP) is 2.79. The Hall–Kier alpha value is -2.75. The molecule has 0 unspecified atom stereocenters. The molecule has 0 aromatic heterocycles. The molecule has 2 aromatic rings. The van der Waals surface area contributed by atoms with Gasteiger partial charge >= 0.3 is 0 Å². The van der Waals surface area contributed by atoms with Gasteiger partial charge in [0.1, 0.15) is 5.75 Å². The van der Waals surface area contributed by atoms with Gasteiger partial charge in [0.25, 0.3) is 11.8 Å². The monoisotopic (exact) mass is 482 g/mol. The molecule has 2 N–H and O–H groups in total. The molecule has 8 heteroatoms. The molecule has 0 bridgehead atoms. The number of methoxy groups -OCH3 is 3. The second-order valence-corrected chi connectivity index (χ2v) is 6.40. The number of hydrogen-bond donors (Lipinski definition) is 2. The summed E-state index contributed by atoms with van der Waals surface area (Å²) in [6.07, 6.45) is 2.90. The van der Waals surface area contributed by atoms with Crippen LogP contribution in [0.25, 0.3) is 6.08 Å². The Morgan fingerprint density at radius 1 is 0.889 bits per heavy atom. The Balaban J connectivity index is 1.94. The van der Waals surface area contributed by atoms with Crippen LogP contribution >= 0.6 is 22.6 Å². The van der Waals surface area contributed by atoms with Gasteiger partial charge in [-0.2, -0.15) is 0 Å². The van der Waals surface area contributed by atoms with Gasteiger partial charge in [-0.05, 0) is 64.6 Å². The minimum Gasteiger partial charge on any atom is -0.496 e. The van der Waals surface area contributed by atoms with Crippen LogP contribution in [-0.4, -0.2) is 33.1 Å². The Kier molecular flexibility index (Phi) is 7.47. The van der Waals surface area contributed by atoms with Gasteiger partial charge in [0, 0.05) is 11.6 Å². The molecule has 0 radical (unpaired) electrons. The third kappa shape index (κ3) is 5.61. The zero-order valence-corrected chi connectivity index (χ0v) is 17.2. The van der Waals surface area contributed by atoms with Crippen LogP contribution in [0.15, 0.2) is 42.5 Å². The maximum absolute atomic E-state index is 12.1. The SMILES string of the molecule is COc1ccc(C(=O)NNC(=O)C=Cc2ccc(OC)c(OC)c2)cc1I. The zero-order chi connectivity index (χ0) is 19.8. The first-order valence-electron chi connectivity index (χ1n) is 7.82. The highest BCUT2D eigenvalue weighted by atomic mass is 127. The van der Waals surface area contributed by atoms with Crippen molar-refractivity contribution in [2.75, 3.05) is 21.3 Å². The van der Waals surface area contributed by atoms with Crippen LogP contribution in [0.1, 0.15) is 15.9 Å². The van der Waals surface area contributed by atoms with E-state index in [-0.39, 0.29) is 0 Å². The van der Waals surface area contributed by atoms with Crippen molar-refractivity contribution in [1.82, 2.24) is 10.9 Å². The highest BCUT2D eigenvalue weighted by Crippen LogP contribution is 2.27. The van der Waals surface area contributed by atoms with Gasteiger partial charge in [0.15, 0.2) is 11.5 Å². The van der Waals surface area contributed by atoms with Crippen LogP contribution in [0.2, 0.25) is 0 Å². The standard InChI is InChI=1S/C19H19IN2O5/c1-25-15-8-6-13(11-14(15)20)19(24)22-21-18(23)9-5-12-4-7-16(26-2)17(10-12)27-3/h4-11H,1-3H3,(H,21,23)(H,22,24). The number of amides is 2. The van der Waals surface area contributed by atoms with Crippen LogP contribution in [0.4, 0.5) is 0 Å². The first kappa shape index (κ1) is 20.6. The minimum atomic E-state index is -0.471. The average molecular weight is 482 g/mol. The van der Waals surface area contributed by atoms with E-state index >= 15 is 0 Å². The van der Waals surface area contributed by atoms with Crippen molar-refractivity contribution >= 4 is 40.5 Å². The summed E-state index contributed by atoms with van der Waals surface area (Å²) in [5.74, 6) is 0.932. The number of halogens is 1. The minimum absolute atomic E-state index is 0.407. The van der Waals surface area contributed by atoms with E-state index < -0.39 is 11.8 Å². The molecule has 0 saturated carbocycles. The maximum atomic E-state index is 12.1. The molecule has 0 aliphatic rings. The van der Waals surface area contributed by atoms with E-state index in [1.165, 1.54) is 13.2 Å². The van der Waals surface area contributed by atoms with Gasteiger partial charge < -0.3 is 14.2 Å².